The van der Waals surface area contributed by atoms with Gasteiger partial charge in [-0.1, -0.05) is 6.92 Å². The zero-order valence-corrected chi connectivity index (χ0v) is 9.93. The molecule has 0 fully saturated rings. The molecule has 0 aromatic rings. The maximum Gasteiger partial charge on any atom is 0.236 e. The van der Waals surface area contributed by atoms with Gasteiger partial charge in [0.2, 0.25) is 15.9 Å². The summed E-state index contributed by atoms with van der Waals surface area (Å²) in [5.74, 6) is -0.197. The smallest absolute Gasteiger partial charge is 0.236 e. The first-order valence-electron chi connectivity index (χ1n) is 4.84. The van der Waals surface area contributed by atoms with Crippen LogP contribution in [0.25, 0.3) is 0 Å². The van der Waals surface area contributed by atoms with Gasteiger partial charge in [0.05, 0.1) is 12.3 Å². The first-order valence-corrected chi connectivity index (χ1v) is 6.74. The molecule has 0 aliphatic carbocycles. The molecule has 0 bridgehead atoms. The highest BCUT2D eigenvalue weighted by Crippen LogP contribution is 1.86. The monoisotopic (exact) mass is 237 g/mol. The molecule has 90 valence electrons. The van der Waals surface area contributed by atoms with Gasteiger partial charge >= 0.3 is 0 Å². The second-order valence-electron chi connectivity index (χ2n) is 3.33. The van der Waals surface area contributed by atoms with E-state index in [1.807, 2.05) is 6.92 Å². The molecule has 0 aromatic carbocycles. The Hall–Kier alpha value is -0.660. The number of nitrogens with two attached hydrogens (primary N) is 1. The standard InChI is InChI=1S/C8H19N3O3S/c1-3-7(9)8(12)10-5-4-6-11-15(2,13)14/h7,11H,3-6,9H2,1-2H3,(H,10,12)/t7-/m0/s1. The van der Waals surface area contributed by atoms with E-state index in [9.17, 15) is 13.2 Å². The number of hydrogen-bond acceptors (Lipinski definition) is 4. The molecular weight excluding hydrogens is 218 g/mol. The third-order valence-electron chi connectivity index (χ3n) is 1.79. The number of carbonyl (C=O) groups excluding carboxylic acids is 1. The minimum atomic E-state index is -3.13. The molecule has 1 amide bonds. The topological polar surface area (TPSA) is 101 Å². The molecule has 0 radical (unpaired) electrons. The molecule has 0 aromatic heterocycles. The van der Waals surface area contributed by atoms with Gasteiger partial charge in [0.25, 0.3) is 0 Å². The Balaban J connectivity index is 3.51. The molecule has 6 nitrogen and oxygen atoms in total. The van der Waals surface area contributed by atoms with Crippen LogP contribution in [0.4, 0.5) is 0 Å². The van der Waals surface area contributed by atoms with Gasteiger partial charge in [-0.15, -0.1) is 0 Å². The van der Waals surface area contributed by atoms with Gasteiger partial charge < -0.3 is 11.1 Å². The molecule has 0 spiro atoms. The summed E-state index contributed by atoms with van der Waals surface area (Å²) in [6.07, 6.45) is 2.24. The van der Waals surface area contributed by atoms with E-state index in [0.717, 1.165) is 6.26 Å². The van der Waals surface area contributed by atoms with Crippen molar-refractivity contribution in [2.45, 2.75) is 25.8 Å². The van der Waals surface area contributed by atoms with Crippen molar-refractivity contribution in [3.63, 3.8) is 0 Å². The lowest BCUT2D eigenvalue weighted by molar-refractivity contribution is -0.122. The Labute approximate surface area is 90.7 Å². The van der Waals surface area contributed by atoms with Crippen LogP contribution >= 0.6 is 0 Å². The fourth-order valence-corrected chi connectivity index (χ4v) is 1.39. The molecular formula is C8H19N3O3S. The summed E-state index contributed by atoms with van der Waals surface area (Å²) in [6, 6.07) is -0.479. The van der Waals surface area contributed by atoms with Gasteiger partial charge in [-0.2, -0.15) is 0 Å². The van der Waals surface area contributed by atoms with Crippen molar-refractivity contribution in [2.75, 3.05) is 19.3 Å². The molecule has 0 saturated carbocycles. The summed E-state index contributed by atoms with van der Waals surface area (Å²) in [4.78, 5) is 11.2. The number of amides is 1. The van der Waals surface area contributed by atoms with Crippen LogP contribution in [0.15, 0.2) is 0 Å². The Bertz CT molecular complexity index is 290. The van der Waals surface area contributed by atoms with Gasteiger partial charge in [-0.25, -0.2) is 13.1 Å². The van der Waals surface area contributed by atoms with Crippen LogP contribution < -0.4 is 15.8 Å². The Morgan fingerprint density at radius 1 is 1.40 bits per heavy atom. The van der Waals surface area contributed by atoms with E-state index in [1.54, 1.807) is 0 Å². The molecule has 0 aliphatic rings. The highest BCUT2D eigenvalue weighted by atomic mass is 32.2. The van der Waals surface area contributed by atoms with Gasteiger partial charge in [0.15, 0.2) is 0 Å². The summed E-state index contributed by atoms with van der Waals surface area (Å²) in [6.45, 7) is 2.57. The largest absolute Gasteiger partial charge is 0.355 e. The summed E-state index contributed by atoms with van der Waals surface area (Å²) in [5.41, 5.74) is 5.48. The predicted octanol–water partition coefficient (Wildman–Crippen LogP) is -1.22. The molecule has 0 unspecified atom stereocenters. The molecule has 1 atom stereocenters. The van der Waals surface area contributed by atoms with Gasteiger partial charge in [0.1, 0.15) is 0 Å². The fourth-order valence-electron chi connectivity index (χ4n) is 0.874. The fraction of sp³-hybridized carbons (Fsp3) is 0.875. The summed E-state index contributed by atoms with van der Waals surface area (Å²) < 4.78 is 23.7. The zero-order valence-electron chi connectivity index (χ0n) is 9.12. The second kappa shape index (κ2) is 6.76. The Kier molecular flexibility index (Phi) is 6.46. The molecule has 4 N–H and O–H groups in total. The number of nitrogens with one attached hydrogen (secondary N) is 2. The highest BCUT2D eigenvalue weighted by molar-refractivity contribution is 7.88. The van der Waals surface area contributed by atoms with E-state index in [2.05, 4.69) is 10.0 Å². The first-order chi connectivity index (χ1) is 6.87. The van der Waals surface area contributed by atoms with Crippen molar-refractivity contribution in [3.05, 3.63) is 0 Å². The van der Waals surface area contributed by atoms with E-state index < -0.39 is 16.1 Å². The predicted molar refractivity (Wildman–Crippen MR) is 58.7 cm³/mol. The average Bonchev–Trinajstić information content (AvgIpc) is 2.14. The third-order valence-corrected chi connectivity index (χ3v) is 2.52. The van der Waals surface area contributed by atoms with Crippen molar-refractivity contribution in [1.29, 1.82) is 0 Å². The highest BCUT2D eigenvalue weighted by Gasteiger charge is 2.09. The molecule has 0 rings (SSSR count). The van der Waals surface area contributed by atoms with E-state index in [1.165, 1.54) is 0 Å². The van der Waals surface area contributed by atoms with Crippen molar-refractivity contribution in [2.24, 2.45) is 5.73 Å². The summed E-state index contributed by atoms with van der Waals surface area (Å²) >= 11 is 0. The number of rotatable bonds is 7. The molecule has 15 heavy (non-hydrogen) atoms. The van der Waals surface area contributed by atoms with Crippen LogP contribution in [0.1, 0.15) is 19.8 Å². The van der Waals surface area contributed by atoms with Crippen molar-refractivity contribution in [3.8, 4) is 0 Å². The first kappa shape index (κ1) is 14.3. The zero-order chi connectivity index (χ0) is 11.9. The minimum Gasteiger partial charge on any atom is -0.355 e. The minimum absolute atomic E-state index is 0.197. The SMILES string of the molecule is CC[C@H](N)C(=O)NCCCNS(C)(=O)=O. The van der Waals surface area contributed by atoms with Gasteiger partial charge in [-0.3, -0.25) is 4.79 Å². The number of sulfonamides is 1. The van der Waals surface area contributed by atoms with Gasteiger partial charge in [0, 0.05) is 13.1 Å². The molecule has 0 aliphatic heterocycles. The lowest BCUT2D eigenvalue weighted by Gasteiger charge is -2.09. The van der Waals surface area contributed by atoms with Crippen LogP contribution in [-0.2, 0) is 14.8 Å². The lowest BCUT2D eigenvalue weighted by atomic mass is 10.2. The summed E-state index contributed by atoms with van der Waals surface area (Å²) in [7, 11) is -3.13. The summed E-state index contributed by atoms with van der Waals surface area (Å²) in [5, 5.41) is 2.62. The quantitative estimate of drug-likeness (QED) is 0.483. The number of hydrogen-bond donors (Lipinski definition) is 3. The van der Waals surface area contributed by atoms with Crippen LogP contribution in [0.3, 0.4) is 0 Å². The van der Waals surface area contributed by atoms with E-state index in [0.29, 0.717) is 25.9 Å². The second-order valence-corrected chi connectivity index (χ2v) is 5.16. The Morgan fingerprint density at radius 2 is 2.00 bits per heavy atom. The van der Waals surface area contributed by atoms with Crippen molar-refractivity contribution < 1.29 is 13.2 Å². The third kappa shape index (κ3) is 8.34. The van der Waals surface area contributed by atoms with Crippen molar-refractivity contribution >= 4 is 15.9 Å². The molecule has 0 saturated heterocycles. The Morgan fingerprint density at radius 3 is 2.47 bits per heavy atom. The van der Waals surface area contributed by atoms with Crippen LogP contribution in [-0.4, -0.2) is 39.7 Å². The lowest BCUT2D eigenvalue weighted by Crippen LogP contribution is -2.41. The van der Waals surface area contributed by atoms with E-state index in [-0.39, 0.29) is 5.91 Å². The van der Waals surface area contributed by atoms with Crippen LogP contribution in [0, 0.1) is 0 Å². The van der Waals surface area contributed by atoms with Crippen LogP contribution in [0.2, 0.25) is 0 Å². The normalized spacial score (nSPS) is 13.5. The van der Waals surface area contributed by atoms with E-state index in [4.69, 9.17) is 5.73 Å². The number of carbonyl (C=O) groups is 1. The van der Waals surface area contributed by atoms with Crippen molar-refractivity contribution in [1.82, 2.24) is 10.0 Å². The maximum absolute atomic E-state index is 11.2. The molecule has 0 heterocycles. The van der Waals surface area contributed by atoms with Crippen LogP contribution in [0.5, 0.6) is 0 Å². The van der Waals surface area contributed by atoms with E-state index >= 15 is 0 Å². The average molecular weight is 237 g/mol. The van der Waals surface area contributed by atoms with Gasteiger partial charge in [-0.05, 0) is 12.8 Å². The molecule has 7 heteroatoms. The maximum atomic E-state index is 11.2.